The van der Waals surface area contributed by atoms with Gasteiger partial charge >= 0.3 is 0 Å². The van der Waals surface area contributed by atoms with Gasteiger partial charge in [-0.1, -0.05) is 11.6 Å². The molecular weight excluding hydrogens is 292 g/mol. The van der Waals surface area contributed by atoms with Crippen LogP contribution in [0, 0.1) is 5.92 Å². The van der Waals surface area contributed by atoms with Crippen LogP contribution in [0.5, 0.6) is 11.6 Å². The zero-order valence-corrected chi connectivity index (χ0v) is 11.8. The first-order chi connectivity index (χ1) is 10.1. The zero-order chi connectivity index (χ0) is 14.8. The van der Waals surface area contributed by atoms with Gasteiger partial charge in [0.15, 0.2) is 0 Å². The van der Waals surface area contributed by atoms with E-state index in [9.17, 15) is 4.79 Å². The highest BCUT2D eigenvalue weighted by molar-refractivity contribution is 6.32. The molecule has 7 heteroatoms. The van der Waals surface area contributed by atoms with E-state index in [-0.39, 0.29) is 11.8 Å². The molecule has 0 atom stereocenters. The molecule has 1 heterocycles. The van der Waals surface area contributed by atoms with E-state index in [1.807, 2.05) is 0 Å². The van der Waals surface area contributed by atoms with E-state index in [1.54, 1.807) is 24.3 Å². The zero-order valence-electron chi connectivity index (χ0n) is 11.0. The van der Waals surface area contributed by atoms with Crippen molar-refractivity contribution < 1.29 is 9.53 Å². The third-order valence-electron chi connectivity index (χ3n) is 3.01. The summed E-state index contributed by atoms with van der Waals surface area (Å²) in [5.74, 6) is 1.22. The number of nitrogens with one attached hydrogen (secondary N) is 1. The topological polar surface area (TPSA) is 90.1 Å². The molecule has 1 aliphatic rings. The van der Waals surface area contributed by atoms with Crippen LogP contribution in [0.4, 0.5) is 11.5 Å². The SMILES string of the molecule is Nc1ccc(Oc2cc(NC(=O)C3CC3)ncn2)c(Cl)c1. The fourth-order valence-corrected chi connectivity index (χ4v) is 1.98. The molecule has 1 amide bonds. The van der Waals surface area contributed by atoms with E-state index in [0.717, 1.165) is 12.8 Å². The van der Waals surface area contributed by atoms with Crippen LogP contribution in [0.25, 0.3) is 0 Å². The number of hydrogen-bond acceptors (Lipinski definition) is 5. The van der Waals surface area contributed by atoms with Gasteiger partial charge in [-0.3, -0.25) is 4.79 Å². The number of carbonyl (C=O) groups excluding carboxylic acids is 1. The number of anilines is 2. The first-order valence-corrected chi connectivity index (χ1v) is 6.85. The molecule has 0 bridgehead atoms. The molecular formula is C14H13ClN4O2. The van der Waals surface area contributed by atoms with Crippen LogP contribution < -0.4 is 15.8 Å². The smallest absolute Gasteiger partial charge is 0.228 e. The number of aromatic nitrogens is 2. The molecule has 0 unspecified atom stereocenters. The molecule has 1 fully saturated rings. The maximum atomic E-state index is 11.7. The van der Waals surface area contributed by atoms with Gasteiger partial charge in [0, 0.05) is 17.7 Å². The van der Waals surface area contributed by atoms with Gasteiger partial charge in [-0.15, -0.1) is 0 Å². The third kappa shape index (κ3) is 3.41. The maximum absolute atomic E-state index is 11.7. The molecule has 108 valence electrons. The van der Waals surface area contributed by atoms with E-state index in [1.165, 1.54) is 6.33 Å². The molecule has 0 aliphatic heterocycles. The van der Waals surface area contributed by atoms with Crippen LogP contribution in [0.3, 0.4) is 0 Å². The lowest BCUT2D eigenvalue weighted by Gasteiger charge is -2.08. The largest absolute Gasteiger partial charge is 0.437 e. The number of carbonyl (C=O) groups is 1. The lowest BCUT2D eigenvalue weighted by molar-refractivity contribution is -0.117. The fraction of sp³-hybridized carbons (Fsp3) is 0.214. The summed E-state index contributed by atoms with van der Waals surface area (Å²) >= 11 is 6.04. The molecule has 0 spiro atoms. The number of amides is 1. The molecule has 1 aromatic carbocycles. The highest BCUT2D eigenvalue weighted by Gasteiger charge is 2.29. The molecule has 21 heavy (non-hydrogen) atoms. The summed E-state index contributed by atoms with van der Waals surface area (Å²) < 4.78 is 5.57. The molecule has 1 aromatic heterocycles. The summed E-state index contributed by atoms with van der Waals surface area (Å²) in [7, 11) is 0. The molecule has 6 nitrogen and oxygen atoms in total. The average Bonchev–Trinajstić information content (AvgIpc) is 3.27. The molecule has 0 saturated heterocycles. The maximum Gasteiger partial charge on any atom is 0.228 e. The molecule has 3 N–H and O–H groups in total. The lowest BCUT2D eigenvalue weighted by atomic mass is 10.3. The van der Waals surface area contributed by atoms with Crippen LogP contribution in [0.15, 0.2) is 30.6 Å². The second kappa shape index (κ2) is 5.57. The highest BCUT2D eigenvalue weighted by atomic mass is 35.5. The average molecular weight is 305 g/mol. The third-order valence-corrected chi connectivity index (χ3v) is 3.31. The first-order valence-electron chi connectivity index (χ1n) is 6.47. The van der Waals surface area contributed by atoms with Crippen molar-refractivity contribution in [2.24, 2.45) is 5.92 Å². The number of ether oxygens (including phenoxy) is 1. The van der Waals surface area contributed by atoms with E-state index >= 15 is 0 Å². The number of hydrogen-bond donors (Lipinski definition) is 2. The van der Waals surface area contributed by atoms with Crippen molar-refractivity contribution in [3.63, 3.8) is 0 Å². The van der Waals surface area contributed by atoms with Gasteiger partial charge in [0.2, 0.25) is 11.8 Å². The number of nitrogens with two attached hydrogens (primary N) is 1. The second-order valence-electron chi connectivity index (χ2n) is 4.80. The highest BCUT2D eigenvalue weighted by Crippen LogP contribution is 2.32. The summed E-state index contributed by atoms with van der Waals surface area (Å²) in [6, 6.07) is 6.47. The van der Waals surface area contributed by atoms with Crippen LogP contribution in [-0.4, -0.2) is 15.9 Å². The Labute approximate surface area is 126 Å². The minimum Gasteiger partial charge on any atom is -0.437 e. The lowest BCUT2D eigenvalue weighted by Crippen LogP contribution is -2.14. The predicted molar refractivity (Wildman–Crippen MR) is 79.3 cm³/mol. The Morgan fingerprint density at radius 2 is 2.14 bits per heavy atom. The number of rotatable bonds is 4. The van der Waals surface area contributed by atoms with Gasteiger partial charge in [-0.25, -0.2) is 9.97 Å². The fourth-order valence-electron chi connectivity index (χ4n) is 1.75. The standard InChI is InChI=1S/C14H13ClN4O2/c15-10-5-9(16)3-4-11(10)21-13-6-12(17-7-18-13)19-14(20)8-1-2-8/h3-8H,1-2,16H2,(H,17,18,19,20). The summed E-state index contributed by atoms with van der Waals surface area (Å²) in [6.07, 6.45) is 3.19. The molecule has 2 aromatic rings. The number of nitrogen functional groups attached to an aromatic ring is 1. The summed E-state index contributed by atoms with van der Waals surface area (Å²) in [5, 5.41) is 3.12. The summed E-state index contributed by atoms with van der Waals surface area (Å²) in [5.41, 5.74) is 6.17. The van der Waals surface area contributed by atoms with Gasteiger partial charge in [-0.05, 0) is 31.0 Å². The van der Waals surface area contributed by atoms with Crippen LogP contribution in [0.2, 0.25) is 5.02 Å². The van der Waals surface area contributed by atoms with Crippen molar-refractivity contribution in [3.8, 4) is 11.6 Å². The Morgan fingerprint density at radius 1 is 1.33 bits per heavy atom. The Hall–Kier alpha value is -2.34. The Balaban J connectivity index is 1.74. The van der Waals surface area contributed by atoms with E-state index in [4.69, 9.17) is 22.1 Å². The van der Waals surface area contributed by atoms with E-state index in [2.05, 4.69) is 15.3 Å². The van der Waals surface area contributed by atoms with Crippen LogP contribution in [-0.2, 0) is 4.79 Å². The second-order valence-corrected chi connectivity index (χ2v) is 5.20. The quantitative estimate of drug-likeness (QED) is 0.848. The van der Waals surface area contributed by atoms with Gasteiger partial charge in [0.1, 0.15) is 17.9 Å². The van der Waals surface area contributed by atoms with Crippen LogP contribution >= 0.6 is 11.6 Å². The number of nitrogens with zero attached hydrogens (tertiary/aromatic N) is 2. The molecule has 1 aliphatic carbocycles. The van der Waals surface area contributed by atoms with Crippen molar-refractivity contribution in [1.82, 2.24) is 9.97 Å². The van der Waals surface area contributed by atoms with Gasteiger partial charge in [0.25, 0.3) is 0 Å². The Bertz CT molecular complexity index is 688. The van der Waals surface area contributed by atoms with Crippen molar-refractivity contribution in [2.45, 2.75) is 12.8 Å². The molecule has 3 rings (SSSR count). The minimum absolute atomic E-state index is 0.0230. The van der Waals surface area contributed by atoms with Crippen LogP contribution in [0.1, 0.15) is 12.8 Å². The van der Waals surface area contributed by atoms with Crippen molar-refractivity contribution >= 4 is 29.0 Å². The molecule has 1 saturated carbocycles. The normalized spacial score (nSPS) is 13.8. The minimum atomic E-state index is -0.0230. The predicted octanol–water partition coefficient (Wildman–Crippen LogP) is 2.85. The van der Waals surface area contributed by atoms with E-state index < -0.39 is 0 Å². The van der Waals surface area contributed by atoms with Gasteiger partial charge in [-0.2, -0.15) is 0 Å². The molecule has 0 radical (unpaired) electrons. The van der Waals surface area contributed by atoms with Crippen molar-refractivity contribution in [3.05, 3.63) is 35.6 Å². The van der Waals surface area contributed by atoms with Crippen molar-refractivity contribution in [1.29, 1.82) is 0 Å². The number of benzene rings is 1. The number of halogens is 1. The van der Waals surface area contributed by atoms with Gasteiger partial charge < -0.3 is 15.8 Å². The van der Waals surface area contributed by atoms with E-state index in [0.29, 0.717) is 28.2 Å². The summed E-state index contributed by atoms with van der Waals surface area (Å²) in [4.78, 5) is 19.7. The van der Waals surface area contributed by atoms with Crippen molar-refractivity contribution in [2.75, 3.05) is 11.1 Å². The monoisotopic (exact) mass is 304 g/mol. The summed E-state index contributed by atoms with van der Waals surface area (Å²) in [6.45, 7) is 0. The Kier molecular flexibility index (Phi) is 3.62. The van der Waals surface area contributed by atoms with Gasteiger partial charge in [0.05, 0.1) is 5.02 Å². The first kappa shape index (κ1) is 13.6. The Morgan fingerprint density at radius 3 is 2.86 bits per heavy atom.